The molecule has 1 aromatic carbocycles. The average molecular weight is 275 g/mol. The van der Waals surface area contributed by atoms with Crippen LogP contribution in [0.3, 0.4) is 0 Å². The molecule has 0 fully saturated rings. The molecule has 0 bridgehead atoms. The molecule has 2 rings (SSSR count). The van der Waals surface area contributed by atoms with Gasteiger partial charge in [0.1, 0.15) is 12.4 Å². The number of hydrogen-bond donors (Lipinski definition) is 1. The summed E-state index contributed by atoms with van der Waals surface area (Å²) in [5, 5.41) is 3.14. The van der Waals surface area contributed by atoms with Crippen LogP contribution < -0.4 is 10.1 Å². The number of rotatable bonds is 6. The predicted molar refractivity (Wildman–Crippen MR) is 76.3 cm³/mol. The van der Waals surface area contributed by atoms with Crippen LogP contribution in [0.5, 0.6) is 5.75 Å². The van der Waals surface area contributed by atoms with E-state index in [0.717, 1.165) is 18.8 Å². The predicted octanol–water partition coefficient (Wildman–Crippen LogP) is 3.33. The van der Waals surface area contributed by atoms with Crippen molar-refractivity contribution in [3.8, 4) is 5.75 Å². The van der Waals surface area contributed by atoms with Crippen LogP contribution in [0, 0.1) is 12.7 Å². The molecule has 0 atom stereocenters. The Morgan fingerprint density at radius 3 is 2.80 bits per heavy atom. The van der Waals surface area contributed by atoms with E-state index in [9.17, 15) is 4.39 Å². The maximum absolute atomic E-state index is 13.7. The van der Waals surface area contributed by atoms with Crippen LogP contribution in [-0.2, 0) is 6.61 Å². The number of aryl methyl sites for hydroxylation is 1. The molecule has 0 saturated carbocycles. The summed E-state index contributed by atoms with van der Waals surface area (Å²) in [6.45, 7) is 4.84. The lowest BCUT2D eigenvalue weighted by molar-refractivity contribution is 0.285. The molecule has 2 aromatic rings. The summed E-state index contributed by atoms with van der Waals surface area (Å²) in [5.41, 5.74) is 1.22. The first-order valence-electron chi connectivity index (χ1n) is 6.63. The quantitative estimate of drug-likeness (QED) is 0.878. The van der Waals surface area contributed by atoms with E-state index >= 15 is 0 Å². The van der Waals surface area contributed by atoms with Gasteiger partial charge in [0.2, 0.25) is 0 Å². The molecule has 1 heterocycles. The Labute approximate surface area is 118 Å². The zero-order valence-corrected chi connectivity index (χ0v) is 11.7. The zero-order chi connectivity index (χ0) is 14.4. The smallest absolute Gasteiger partial charge is 0.167 e. The molecule has 0 radical (unpaired) electrons. The van der Waals surface area contributed by atoms with Crippen molar-refractivity contribution < 1.29 is 9.13 Å². The van der Waals surface area contributed by atoms with Gasteiger partial charge in [-0.05, 0) is 25.0 Å². The Morgan fingerprint density at radius 1 is 1.25 bits per heavy atom. The van der Waals surface area contributed by atoms with Gasteiger partial charge in [-0.1, -0.05) is 19.1 Å². The fourth-order valence-corrected chi connectivity index (χ4v) is 1.66. The summed E-state index contributed by atoms with van der Waals surface area (Å²) in [5.74, 6) is 0.638. The highest BCUT2D eigenvalue weighted by Crippen LogP contribution is 2.20. The van der Waals surface area contributed by atoms with Crippen molar-refractivity contribution in [1.29, 1.82) is 0 Å². The second-order valence-electron chi connectivity index (χ2n) is 4.50. The molecular formula is C15H18FN3O. The molecule has 4 nitrogen and oxygen atoms in total. The van der Waals surface area contributed by atoms with E-state index in [-0.39, 0.29) is 18.2 Å². The highest BCUT2D eigenvalue weighted by Gasteiger charge is 2.06. The third kappa shape index (κ3) is 3.66. The second-order valence-corrected chi connectivity index (χ2v) is 4.50. The van der Waals surface area contributed by atoms with E-state index in [0.29, 0.717) is 11.3 Å². The van der Waals surface area contributed by atoms with Gasteiger partial charge in [0, 0.05) is 6.54 Å². The van der Waals surface area contributed by atoms with E-state index in [2.05, 4.69) is 22.2 Å². The Hall–Kier alpha value is -2.17. The largest absolute Gasteiger partial charge is 0.484 e. The maximum Gasteiger partial charge on any atom is 0.167 e. The summed E-state index contributed by atoms with van der Waals surface area (Å²) >= 11 is 0. The van der Waals surface area contributed by atoms with Crippen molar-refractivity contribution in [1.82, 2.24) is 9.97 Å². The molecular weight excluding hydrogens is 257 g/mol. The van der Waals surface area contributed by atoms with Crippen molar-refractivity contribution in [2.75, 3.05) is 11.9 Å². The fraction of sp³-hybridized carbons (Fsp3) is 0.333. The molecule has 1 aromatic heterocycles. The lowest BCUT2D eigenvalue weighted by Gasteiger charge is -2.08. The Kier molecular flexibility index (Phi) is 4.87. The number of nitrogens with zero attached hydrogens (tertiary/aromatic N) is 2. The Morgan fingerprint density at radius 2 is 2.10 bits per heavy atom. The minimum absolute atomic E-state index is 0.196. The molecule has 5 heteroatoms. The van der Waals surface area contributed by atoms with Crippen LogP contribution in [0.25, 0.3) is 0 Å². The topological polar surface area (TPSA) is 47.0 Å². The summed E-state index contributed by atoms with van der Waals surface area (Å²) in [7, 11) is 0. The highest BCUT2D eigenvalue weighted by molar-refractivity contribution is 5.31. The SMILES string of the molecule is CCCNc1cnc(COc2cccc(C)c2F)cn1. The fourth-order valence-electron chi connectivity index (χ4n) is 1.66. The maximum atomic E-state index is 13.7. The number of halogens is 1. The molecule has 0 amide bonds. The lowest BCUT2D eigenvalue weighted by atomic mass is 10.2. The van der Waals surface area contributed by atoms with Gasteiger partial charge in [0.25, 0.3) is 0 Å². The summed E-state index contributed by atoms with van der Waals surface area (Å²) in [6.07, 6.45) is 4.31. The third-order valence-electron chi connectivity index (χ3n) is 2.79. The molecule has 20 heavy (non-hydrogen) atoms. The number of ether oxygens (including phenoxy) is 1. The minimum Gasteiger partial charge on any atom is -0.484 e. The van der Waals surface area contributed by atoms with E-state index in [1.807, 2.05) is 0 Å². The van der Waals surface area contributed by atoms with Gasteiger partial charge < -0.3 is 10.1 Å². The molecule has 0 saturated heterocycles. The lowest BCUT2D eigenvalue weighted by Crippen LogP contribution is -2.05. The molecule has 1 N–H and O–H groups in total. The standard InChI is InChI=1S/C15H18FN3O/c1-3-7-17-14-9-18-12(8-19-14)10-20-13-6-4-5-11(2)15(13)16/h4-6,8-9H,3,7,10H2,1-2H3,(H,17,19). The van der Waals surface area contributed by atoms with Gasteiger partial charge >= 0.3 is 0 Å². The summed E-state index contributed by atoms with van der Waals surface area (Å²) < 4.78 is 19.2. The average Bonchev–Trinajstić information content (AvgIpc) is 2.48. The van der Waals surface area contributed by atoms with Crippen LogP contribution >= 0.6 is 0 Å². The highest BCUT2D eigenvalue weighted by atomic mass is 19.1. The van der Waals surface area contributed by atoms with Crippen molar-refractivity contribution in [2.45, 2.75) is 26.9 Å². The van der Waals surface area contributed by atoms with Crippen LogP contribution in [-0.4, -0.2) is 16.5 Å². The monoisotopic (exact) mass is 275 g/mol. The van der Waals surface area contributed by atoms with Gasteiger partial charge in [0.15, 0.2) is 11.6 Å². The Balaban J connectivity index is 1.95. The van der Waals surface area contributed by atoms with Gasteiger partial charge in [-0.2, -0.15) is 0 Å². The minimum atomic E-state index is -0.332. The first-order chi connectivity index (χ1) is 9.70. The van der Waals surface area contributed by atoms with Crippen LogP contribution in [0.4, 0.5) is 10.2 Å². The van der Waals surface area contributed by atoms with Crippen molar-refractivity contribution in [2.24, 2.45) is 0 Å². The number of nitrogens with one attached hydrogen (secondary N) is 1. The Bertz CT molecular complexity index is 558. The second kappa shape index (κ2) is 6.84. The number of benzene rings is 1. The van der Waals surface area contributed by atoms with Crippen molar-refractivity contribution in [3.63, 3.8) is 0 Å². The van der Waals surface area contributed by atoms with Crippen LogP contribution in [0.1, 0.15) is 24.6 Å². The molecule has 106 valence electrons. The van der Waals surface area contributed by atoms with Crippen molar-refractivity contribution >= 4 is 5.82 Å². The van der Waals surface area contributed by atoms with E-state index in [1.54, 1.807) is 37.5 Å². The van der Waals surface area contributed by atoms with Crippen LogP contribution in [0.2, 0.25) is 0 Å². The van der Waals surface area contributed by atoms with E-state index < -0.39 is 0 Å². The van der Waals surface area contributed by atoms with Crippen molar-refractivity contribution in [3.05, 3.63) is 47.7 Å². The van der Waals surface area contributed by atoms with E-state index in [1.165, 1.54) is 0 Å². The van der Waals surface area contributed by atoms with Gasteiger partial charge in [-0.3, -0.25) is 4.98 Å². The normalized spacial score (nSPS) is 10.3. The molecule has 0 aliphatic carbocycles. The molecule has 0 unspecified atom stereocenters. The first-order valence-corrected chi connectivity index (χ1v) is 6.63. The zero-order valence-electron chi connectivity index (χ0n) is 11.7. The summed E-state index contributed by atoms with van der Waals surface area (Å²) in [4.78, 5) is 8.45. The van der Waals surface area contributed by atoms with Gasteiger partial charge in [-0.15, -0.1) is 0 Å². The van der Waals surface area contributed by atoms with Gasteiger partial charge in [-0.25, -0.2) is 9.37 Å². The van der Waals surface area contributed by atoms with Gasteiger partial charge in [0.05, 0.1) is 18.1 Å². The number of hydrogen-bond acceptors (Lipinski definition) is 4. The first kappa shape index (κ1) is 14.2. The number of anilines is 1. The number of aromatic nitrogens is 2. The molecule has 0 spiro atoms. The summed E-state index contributed by atoms with van der Waals surface area (Å²) in [6, 6.07) is 5.07. The molecule has 0 aliphatic heterocycles. The molecule has 0 aliphatic rings. The third-order valence-corrected chi connectivity index (χ3v) is 2.79. The van der Waals surface area contributed by atoms with Crippen LogP contribution in [0.15, 0.2) is 30.6 Å². The van der Waals surface area contributed by atoms with E-state index in [4.69, 9.17) is 4.74 Å².